The lowest BCUT2D eigenvalue weighted by atomic mass is 10.1. The maximum Gasteiger partial charge on any atom is 0.317 e. The molecule has 0 aliphatic carbocycles. The van der Waals surface area contributed by atoms with E-state index in [4.69, 9.17) is 10.00 Å². The highest BCUT2D eigenvalue weighted by Crippen LogP contribution is 2.23. The minimum absolute atomic E-state index is 0.254. The number of ether oxygens (including phenoxy) is 1. The van der Waals surface area contributed by atoms with Crippen LogP contribution in [-0.2, 0) is 11.3 Å². The zero-order valence-electron chi connectivity index (χ0n) is 13.9. The van der Waals surface area contributed by atoms with Crippen molar-refractivity contribution in [3.63, 3.8) is 0 Å². The molecular formula is C19H17F2N3O2. The lowest BCUT2D eigenvalue weighted by molar-refractivity contribution is -0.0156. The highest BCUT2D eigenvalue weighted by Gasteiger charge is 2.26. The molecule has 2 aromatic rings. The molecule has 1 aliphatic rings. The smallest absolute Gasteiger partial charge is 0.317 e. The van der Waals surface area contributed by atoms with E-state index in [1.165, 1.54) is 6.07 Å². The number of nitriles is 1. The van der Waals surface area contributed by atoms with E-state index in [1.807, 2.05) is 6.07 Å². The molecular weight excluding hydrogens is 340 g/mol. The molecule has 0 spiro atoms. The van der Waals surface area contributed by atoms with Gasteiger partial charge in [-0.15, -0.1) is 0 Å². The predicted molar refractivity (Wildman–Crippen MR) is 90.0 cm³/mol. The highest BCUT2D eigenvalue weighted by molar-refractivity contribution is 5.74. The van der Waals surface area contributed by atoms with Crippen molar-refractivity contribution in [2.24, 2.45) is 0 Å². The summed E-state index contributed by atoms with van der Waals surface area (Å²) in [7, 11) is 0. The van der Waals surface area contributed by atoms with E-state index >= 15 is 0 Å². The Morgan fingerprint density at radius 1 is 1.23 bits per heavy atom. The van der Waals surface area contributed by atoms with Crippen LogP contribution in [0.25, 0.3) is 0 Å². The standard InChI is InChI=1S/C19H17F2N3O2/c20-16-6-5-15(9-17(16)21)18-12-24(7-8-26-18)19(25)23-11-14-3-1-13(10-22)2-4-14/h1-6,9,18H,7-8,11-12H2,(H,23,25)/t18-/m1/s1. The van der Waals surface area contributed by atoms with E-state index in [2.05, 4.69) is 5.32 Å². The maximum absolute atomic E-state index is 13.4. The Kier molecular flexibility index (Phi) is 5.44. The lowest BCUT2D eigenvalue weighted by Gasteiger charge is -2.33. The van der Waals surface area contributed by atoms with Crippen molar-refractivity contribution in [3.05, 3.63) is 70.8 Å². The van der Waals surface area contributed by atoms with Gasteiger partial charge in [0.25, 0.3) is 0 Å². The first-order chi connectivity index (χ1) is 12.6. The molecule has 7 heteroatoms. The number of halogens is 2. The second-order valence-electron chi connectivity index (χ2n) is 5.95. The summed E-state index contributed by atoms with van der Waals surface area (Å²) in [4.78, 5) is 13.9. The first-order valence-corrected chi connectivity index (χ1v) is 8.15. The molecule has 0 radical (unpaired) electrons. The molecule has 0 unspecified atom stereocenters. The zero-order valence-corrected chi connectivity index (χ0v) is 13.9. The fourth-order valence-electron chi connectivity index (χ4n) is 2.73. The van der Waals surface area contributed by atoms with E-state index in [9.17, 15) is 13.6 Å². The molecule has 1 saturated heterocycles. The molecule has 0 saturated carbocycles. The summed E-state index contributed by atoms with van der Waals surface area (Å²) in [5.74, 6) is -1.85. The van der Waals surface area contributed by atoms with Gasteiger partial charge < -0.3 is 15.0 Å². The minimum atomic E-state index is -0.937. The third kappa shape index (κ3) is 4.16. The summed E-state index contributed by atoms with van der Waals surface area (Å²) < 4.78 is 32.1. The lowest BCUT2D eigenvalue weighted by Crippen LogP contribution is -2.47. The number of rotatable bonds is 3. The summed E-state index contributed by atoms with van der Waals surface area (Å²) in [6, 6.07) is 12.3. The largest absolute Gasteiger partial charge is 0.370 e. The zero-order chi connectivity index (χ0) is 18.5. The fraction of sp³-hybridized carbons (Fsp3) is 0.263. The second kappa shape index (κ2) is 7.93. The van der Waals surface area contributed by atoms with Gasteiger partial charge in [0.15, 0.2) is 11.6 Å². The van der Waals surface area contributed by atoms with Gasteiger partial charge in [0.05, 0.1) is 24.8 Å². The van der Waals surface area contributed by atoms with Crippen LogP contribution in [0.5, 0.6) is 0 Å². The van der Waals surface area contributed by atoms with Crippen molar-refractivity contribution in [2.45, 2.75) is 12.6 Å². The number of amides is 2. The molecule has 2 aromatic carbocycles. The molecule has 0 bridgehead atoms. The van der Waals surface area contributed by atoms with Crippen LogP contribution in [0.15, 0.2) is 42.5 Å². The molecule has 1 atom stereocenters. The number of morpholine rings is 1. The van der Waals surface area contributed by atoms with Crippen molar-refractivity contribution < 1.29 is 18.3 Å². The molecule has 5 nitrogen and oxygen atoms in total. The SMILES string of the molecule is N#Cc1ccc(CNC(=O)N2CCO[C@@H](c3ccc(F)c(F)c3)C2)cc1. The maximum atomic E-state index is 13.4. The molecule has 1 aliphatic heterocycles. The Hall–Kier alpha value is -2.98. The van der Waals surface area contributed by atoms with Crippen molar-refractivity contribution in [1.29, 1.82) is 5.26 Å². The molecule has 1 fully saturated rings. The van der Waals surface area contributed by atoms with Gasteiger partial charge in [-0.3, -0.25) is 0 Å². The number of carbonyl (C=O) groups excluding carboxylic acids is 1. The van der Waals surface area contributed by atoms with Gasteiger partial charge in [-0.05, 0) is 35.4 Å². The number of hydrogen-bond acceptors (Lipinski definition) is 3. The van der Waals surface area contributed by atoms with Crippen molar-refractivity contribution in [2.75, 3.05) is 19.7 Å². The summed E-state index contributed by atoms with van der Waals surface area (Å²) in [6.07, 6.45) is -0.500. The number of hydrogen-bond donors (Lipinski definition) is 1. The van der Waals surface area contributed by atoms with Gasteiger partial charge in [0.1, 0.15) is 6.10 Å². The summed E-state index contributed by atoms with van der Waals surface area (Å²) in [5.41, 5.74) is 1.93. The highest BCUT2D eigenvalue weighted by atomic mass is 19.2. The third-order valence-electron chi connectivity index (χ3n) is 4.20. The van der Waals surface area contributed by atoms with Crippen LogP contribution in [0.1, 0.15) is 22.8 Å². The molecule has 1 N–H and O–H groups in total. The van der Waals surface area contributed by atoms with Gasteiger partial charge in [0.2, 0.25) is 0 Å². The van der Waals surface area contributed by atoms with Crippen LogP contribution in [0.3, 0.4) is 0 Å². The summed E-state index contributed by atoms with van der Waals surface area (Å²) >= 11 is 0. The third-order valence-corrected chi connectivity index (χ3v) is 4.20. The first kappa shape index (κ1) is 17.8. The van der Waals surface area contributed by atoms with E-state index in [1.54, 1.807) is 29.2 Å². The predicted octanol–water partition coefficient (Wildman–Crippen LogP) is 3.12. The van der Waals surface area contributed by atoms with E-state index in [0.717, 1.165) is 17.7 Å². The van der Waals surface area contributed by atoms with Gasteiger partial charge in [0, 0.05) is 13.1 Å². The molecule has 1 heterocycles. The fourth-order valence-corrected chi connectivity index (χ4v) is 2.73. The van der Waals surface area contributed by atoms with Gasteiger partial charge in [-0.25, -0.2) is 13.6 Å². The Bertz CT molecular complexity index is 834. The number of nitrogens with zero attached hydrogens (tertiary/aromatic N) is 2. The molecule has 26 heavy (non-hydrogen) atoms. The molecule has 3 rings (SSSR count). The van der Waals surface area contributed by atoms with E-state index in [-0.39, 0.29) is 12.6 Å². The number of benzene rings is 2. The Balaban J connectivity index is 1.58. The topological polar surface area (TPSA) is 65.4 Å². The first-order valence-electron chi connectivity index (χ1n) is 8.15. The van der Waals surface area contributed by atoms with Crippen molar-refractivity contribution in [3.8, 4) is 6.07 Å². The molecule has 2 amide bonds. The van der Waals surface area contributed by atoms with Crippen molar-refractivity contribution in [1.82, 2.24) is 10.2 Å². The van der Waals surface area contributed by atoms with Crippen LogP contribution >= 0.6 is 0 Å². The number of nitrogens with one attached hydrogen (secondary N) is 1. The van der Waals surface area contributed by atoms with Crippen LogP contribution in [-0.4, -0.2) is 30.6 Å². The van der Waals surface area contributed by atoms with Crippen LogP contribution in [0.2, 0.25) is 0 Å². The molecule has 134 valence electrons. The van der Waals surface area contributed by atoms with Crippen LogP contribution < -0.4 is 5.32 Å². The van der Waals surface area contributed by atoms with Gasteiger partial charge in [-0.1, -0.05) is 18.2 Å². The second-order valence-corrected chi connectivity index (χ2v) is 5.95. The Morgan fingerprint density at radius 3 is 2.69 bits per heavy atom. The van der Waals surface area contributed by atoms with Gasteiger partial charge in [-0.2, -0.15) is 5.26 Å². The summed E-state index contributed by atoms with van der Waals surface area (Å²) in [5, 5.41) is 11.6. The van der Waals surface area contributed by atoms with E-state index in [0.29, 0.717) is 30.8 Å². The Morgan fingerprint density at radius 2 is 2.00 bits per heavy atom. The number of carbonyl (C=O) groups is 1. The van der Waals surface area contributed by atoms with Gasteiger partial charge >= 0.3 is 6.03 Å². The van der Waals surface area contributed by atoms with Crippen LogP contribution in [0, 0.1) is 23.0 Å². The van der Waals surface area contributed by atoms with Crippen molar-refractivity contribution >= 4 is 6.03 Å². The van der Waals surface area contributed by atoms with E-state index < -0.39 is 17.7 Å². The average Bonchev–Trinajstić information content (AvgIpc) is 2.68. The van der Waals surface area contributed by atoms with Crippen LogP contribution in [0.4, 0.5) is 13.6 Å². The Labute approximate surface area is 149 Å². The summed E-state index contributed by atoms with van der Waals surface area (Å²) in [6.45, 7) is 1.31. The molecule has 0 aromatic heterocycles. The monoisotopic (exact) mass is 357 g/mol. The normalized spacial score (nSPS) is 16.8. The minimum Gasteiger partial charge on any atom is -0.370 e. The average molecular weight is 357 g/mol. The number of urea groups is 1. The quantitative estimate of drug-likeness (QED) is 0.918.